The van der Waals surface area contributed by atoms with Crippen LogP contribution in [0.25, 0.3) is 60.6 Å². The molecule has 0 bridgehead atoms. The van der Waals surface area contributed by atoms with Crippen LogP contribution in [0.1, 0.15) is 24.0 Å². The Morgan fingerprint density at radius 2 is 1.20 bits per heavy atom. The summed E-state index contributed by atoms with van der Waals surface area (Å²) in [5.74, 6) is 0.189. The first-order chi connectivity index (χ1) is 22.7. The fourth-order valence-corrected chi connectivity index (χ4v) is 7.10. The molecule has 0 spiro atoms. The van der Waals surface area contributed by atoms with E-state index in [1.54, 1.807) is 0 Å². The number of anilines is 2. The van der Waals surface area contributed by atoms with Crippen molar-refractivity contribution < 1.29 is 8.83 Å². The van der Waals surface area contributed by atoms with E-state index >= 15 is 0 Å². The van der Waals surface area contributed by atoms with Crippen molar-refractivity contribution in [1.29, 1.82) is 0 Å². The zero-order chi connectivity index (χ0) is 30.6. The summed E-state index contributed by atoms with van der Waals surface area (Å²) in [5, 5.41) is 4.58. The van der Waals surface area contributed by atoms with E-state index in [4.69, 9.17) is 8.83 Å². The Bertz CT molecular complexity index is 2490. The lowest BCUT2D eigenvalue weighted by Gasteiger charge is -2.28. The van der Waals surface area contributed by atoms with Crippen LogP contribution in [-0.2, 0) is 0 Å². The minimum Gasteiger partial charge on any atom is -0.456 e. The first-order valence-corrected chi connectivity index (χ1v) is 15.9. The van der Waals surface area contributed by atoms with Crippen LogP contribution in [0, 0.1) is 0 Å². The van der Waals surface area contributed by atoms with Crippen LogP contribution >= 0.6 is 0 Å². The summed E-state index contributed by atoms with van der Waals surface area (Å²) in [6.07, 6.45) is 6.98. The average molecular weight is 594 g/mol. The minimum absolute atomic E-state index is 0.189. The fourth-order valence-electron chi connectivity index (χ4n) is 7.10. The van der Waals surface area contributed by atoms with Crippen LogP contribution in [0.5, 0.6) is 0 Å². The molecule has 46 heavy (non-hydrogen) atoms. The number of rotatable bonds is 3. The Kier molecular flexibility index (Phi) is 6.17. The minimum atomic E-state index is 0.189. The Morgan fingerprint density at radius 1 is 0.543 bits per heavy atom. The first kappa shape index (κ1) is 26.6. The molecule has 3 nitrogen and oxygen atoms in total. The molecule has 220 valence electrons. The lowest BCUT2D eigenvalue weighted by atomic mass is 9.92. The van der Waals surface area contributed by atoms with Crippen LogP contribution in [-0.4, -0.2) is 6.54 Å². The van der Waals surface area contributed by atoms with Crippen LogP contribution in [0.15, 0.2) is 161 Å². The number of nitrogens with zero attached hydrogens (tertiary/aromatic N) is 1. The summed E-state index contributed by atoms with van der Waals surface area (Å²) in [6.45, 7) is 3.02. The number of furan rings is 2. The maximum atomic E-state index is 6.28. The van der Waals surface area contributed by atoms with Gasteiger partial charge in [-0.2, -0.15) is 0 Å². The van der Waals surface area contributed by atoms with Gasteiger partial charge in [0.25, 0.3) is 0 Å². The van der Waals surface area contributed by atoms with Crippen molar-refractivity contribution in [2.24, 2.45) is 0 Å². The van der Waals surface area contributed by atoms with Gasteiger partial charge in [-0.05, 0) is 76.4 Å². The van der Waals surface area contributed by atoms with Crippen molar-refractivity contribution in [1.82, 2.24) is 0 Å². The Balaban J connectivity index is 1.14. The van der Waals surface area contributed by atoms with Crippen molar-refractivity contribution in [2.45, 2.75) is 12.8 Å². The molecule has 0 radical (unpaired) electrons. The Morgan fingerprint density at radius 3 is 2.11 bits per heavy atom. The van der Waals surface area contributed by atoms with E-state index in [0.717, 1.165) is 56.1 Å². The number of hydrogen-bond acceptors (Lipinski definition) is 3. The maximum absolute atomic E-state index is 6.28. The molecule has 9 rings (SSSR count). The number of hydrogen-bond donors (Lipinski definition) is 0. The third kappa shape index (κ3) is 4.35. The molecule has 1 atom stereocenters. The highest BCUT2D eigenvalue weighted by Crippen LogP contribution is 2.42. The predicted molar refractivity (Wildman–Crippen MR) is 192 cm³/mol. The zero-order valence-corrected chi connectivity index (χ0v) is 25.5. The van der Waals surface area contributed by atoms with Crippen LogP contribution in [0.2, 0.25) is 0 Å². The van der Waals surface area contributed by atoms with Gasteiger partial charge in [0.1, 0.15) is 22.3 Å². The molecule has 3 heteroatoms. The lowest BCUT2D eigenvalue weighted by Crippen LogP contribution is -2.19. The summed E-state index contributed by atoms with van der Waals surface area (Å²) in [4.78, 5) is 2.43. The number of fused-ring (bicyclic) bond motifs is 7. The third-order valence-corrected chi connectivity index (χ3v) is 9.31. The highest BCUT2D eigenvalue weighted by molar-refractivity contribution is 6.12. The second-order valence-corrected chi connectivity index (χ2v) is 12.1. The van der Waals surface area contributed by atoms with Crippen molar-refractivity contribution in [3.63, 3.8) is 0 Å². The molecule has 3 heterocycles. The monoisotopic (exact) mass is 593 g/mol. The molecule has 0 fully saturated rings. The van der Waals surface area contributed by atoms with Crippen molar-refractivity contribution in [2.75, 3.05) is 11.4 Å². The van der Waals surface area contributed by atoms with Gasteiger partial charge in [-0.1, -0.05) is 110 Å². The quantitative estimate of drug-likeness (QED) is 0.204. The van der Waals surface area contributed by atoms with E-state index in [1.165, 1.54) is 33.5 Å². The second-order valence-electron chi connectivity index (χ2n) is 12.1. The van der Waals surface area contributed by atoms with Crippen LogP contribution < -0.4 is 4.90 Å². The molecule has 8 aromatic rings. The van der Waals surface area contributed by atoms with Gasteiger partial charge in [0.2, 0.25) is 0 Å². The van der Waals surface area contributed by atoms with Gasteiger partial charge in [0.15, 0.2) is 0 Å². The van der Waals surface area contributed by atoms with Gasteiger partial charge in [0.05, 0.1) is 11.1 Å². The Labute approximate surface area is 267 Å². The van der Waals surface area contributed by atoms with Gasteiger partial charge in [-0.25, -0.2) is 0 Å². The van der Waals surface area contributed by atoms with Gasteiger partial charge < -0.3 is 13.7 Å². The van der Waals surface area contributed by atoms with E-state index in [9.17, 15) is 0 Å². The van der Waals surface area contributed by atoms with Gasteiger partial charge >= 0.3 is 0 Å². The molecule has 2 aromatic heterocycles. The molecule has 0 saturated carbocycles. The van der Waals surface area contributed by atoms with E-state index < -0.39 is 0 Å². The van der Waals surface area contributed by atoms with Gasteiger partial charge in [0, 0.05) is 34.3 Å². The van der Waals surface area contributed by atoms with E-state index in [-0.39, 0.29) is 5.92 Å². The largest absolute Gasteiger partial charge is 0.456 e. The molecule has 0 amide bonds. The summed E-state index contributed by atoms with van der Waals surface area (Å²) in [5.41, 5.74) is 12.1. The summed E-state index contributed by atoms with van der Waals surface area (Å²) in [6, 6.07) is 47.2. The molecule has 0 aliphatic carbocycles. The van der Waals surface area contributed by atoms with Crippen LogP contribution in [0.4, 0.5) is 11.4 Å². The smallest absolute Gasteiger partial charge is 0.137 e. The standard InChI is InChI=1S/C43H31NO2/c1-28-25-29(30-11-8-12-31(26-30)32-22-23-41-36(27-32)34-15-3-6-19-39(34)45-41)13-10-24-44(37-17-5-2-14-33(28)37)38-18-9-21-42-43(38)35-16-4-7-20-40(35)46-42/h2-23,25-28H,24H2,1H3/b13-10-,29-25+. The summed E-state index contributed by atoms with van der Waals surface area (Å²) in [7, 11) is 0. The average Bonchev–Trinajstić information content (AvgIpc) is 3.69. The maximum Gasteiger partial charge on any atom is 0.137 e. The molecular weight excluding hydrogens is 562 g/mol. The number of allylic oxidation sites excluding steroid dienone is 3. The van der Waals surface area contributed by atoms with Crippen molar-refractivity contribution in [3.8, 4) is 11.1 Å². The van der Waals surface area contributed by atoms with Crippen molar-refractivity contribution >= 4 is 60.8 Å². The molecule has 1 aliphatic heterocycles. The third-order valence-electron chi connectivity index (χ3n) is 9.31. The van der Waals surface area contributed by atoms with E-state index in [2.05, 4.69) is 139 Å². The van der Waals surface area contributed by atoms with E-state index in [1.807, 2.05) is 24.3 Å². The normalized spacial score (nSPS) is 17.0. The number of benzene rings is 6. The molecular formula is C43H31NO2. The van der Waals surface area contributed by atoms with Gasteiger partial charge in [-0.15, -0.1) is 0 Å². The molecule has 0 N–H and O–H groups in total. The molecule has 1 aliphatic rings. The highest BCUT2D eigenvalue weighted by atomic mass is 16.3. The molecule has 1 unspecified atom stereocenters. The molecule has 6 aromatic carbocycles. The van der Waals surface area contributed by atoms with Gasteiger partial charge in [-0.3, -0.25) is 0 Å². The zero-order valence-electron chi connectivity index (χ0n) is 25.5. The summed E-state index contributed by atoms with van der Waals surface area (Å²) < 4.78 is 12.4. The second kappa shape index (κ2) is 10.7. The highest BCUT2D eigenvalue weighted by Gasteiger charge is 2.21. The van der Waals surface area contributed by atoms with E-state index in [0.29, 0.717) is 0 Å². The SMILES string of the molecule is CC1/C=C(c2cccc(-c3ccc4oc5ccccc5c4c3)c2)\C=C/CN(c2cccc3oc4ccccc4c23)c2ccccc21. The Hall–Kier alpha value is -5.80. The molecule has 0 saturated heterocycles. The number of para-hydroxylation sites is 3. The van der Waals surface area contributed by atoms with Crippen molar-refractivity contribution in [3.05, 3.63) is 163 Å². The fraction of sp³-hybridized carbons (Fsp3) is 0.0698. The predicted octanol–water partition coefficient (Wildman–Crippen LogP) is 12.0. The first-order valence-electron chi connectivity index (χ1n) is 15.9. The topological polar surface area (TPSA) is 29.5 Å². The van der Waals surface area contributed by atoms with Crippen LogP contribution in [0.3, 0.4) is 0 Å². The summed E-state index contributed by atoms with van der Waals surface area (Å²) >= 11 is 0. The lowest BCUT2D eigenvalue weighted by molar-refractivity contribution is 0.668.